The van der Waals surface area contributed by atoms with E-state index in [1.807, 2.05) is 37.3 Å². The zero-order chi connectivity index (χ0) is 15.9. The molecule has 0 N–H and O–H groups in total. The van der Waals surface area contributed by atoms with Gasteiger partial charge < -0.3 is 4.74 Å². The lowest BCUT2D eigenvalue weighted by Crippen LogP contribution is -2.24. The fourth-order valence-corrected chi connectivity index (χ4v) is 2.91. The van der Waals surface area contributed by atoms with E-state index >= 15 is 0 Å². The van der Waals surface area contributed by atoms with Crippen LogP contribution in [0.1, 0.15) is 13.3 Å². The molecule has 0 aliphatic rings. The van der Waals surface area contributed by atoms with Gasteiger partial charge in [-0.1, -0.05) is 36.0 Å². The monoisotopic (exact) mass is 318 g/mol. The Hall–Kier alpha value is -2.08. The Morgan fingerprint density at radius 2 is 2.18 bits per heavy atom. The largest absolute Gasteiger partial charge is 0.469 e. The Balaban J connectivity index is 2.43. The Morgan fingerprint density at radius 3 is 2.91 bits per heavy atom. The van der Waals surface area contributed by atoms with Crippen molar-refractivity contribution < 1.29 is 9.53 Å². The number of allylic oxidation sites excluding steroid dienone is 1. The van der Waals surface area contributed by atoms with Gasteiger partial charge in [-0.05, 0) is 19.1 Å². The number of carbonyl (C=O) groups excluding carboxylic acids is 1. The van der Waals surface area contributed by atoms with Crippen molar-refractivity contribution in [2.45, 2.75) is 25.0 Å². The highest BCUT2D eigenvalue weighted by molar-refractivity contribution is 7.99. The summed E-state index contributed by atoms with van der Waals surface area (Å²) >= 11 is 1.47. The molecule has 5 nitrogen and oxygen atoms in total. The fourth-order valence-electron chi connectivity index (χ4n) is 1.98. The molecule has 1 aromatic carbocycles. The minimum atomic E-state index is -0.343. The van der Waals surface area contributed by atoms with Crippen LogP contribution in [0.3, 0.4) is 0 Å². The van der Waals surface area contributed by atoms with Gasteiger partial charge in [0.1, 0.15) is 0 Å². The SMILES string of the molecule is C/C=C/CSc1nc2ccccc2c(=O)n1CCC(=O)OC. The summed E-state index contributed by atoms with van der Waals surface area (Å²) in [6, 6.07) is 7.23. The first-order chi connectivity index (χ1) is 10.7. The first-order valence-electron chi connectivity index (χ1n) is 6.97. The van der Waals surface area contributed by atoms with Crippen LogP contribution in [0.25, 0.3) is 10.9 Å². The van der Waals surface area contributed by atoms with Gasteiger partial charge in [-0.25, -0.2) is 4.98 Å². The van der Waals surface area contributed by atoms with Crippen LogP contribution in [0.4, 0.5) is 0 Å². The number of carbonyl (C=O) groups is 1. The molecule has 0 unspecified atom stereocenters. The van der Waals surface area contributed by atoms with Crippen molar-refractivity contribution in [3.8, 4) is 0 Å². The lowest BCUT2D eigenvalue weighted by Gasteiger charge is -2.12. The molecule has 116 valence electrons. The average Bonchev–Trinajstić information content (AvgIpc) is 2.54. The number of ether oxygens (including phenoxy) is 1. The summed E-state index contributed by atoms with van der Waals surface area (Å²) in [5.41, 5.74) is 0.544. The normalized spacial score (nSPS) is 11.2. The number of methoxy groups -OCH3 is 1. The van der Waals surface area contributed by atoms with Gasteiger partial charge in [0.25, 0.3) is 5.56 Å². The molecule has 0 radical (unpaired) electrons. The molecular weight excluding hydrogens is 300 g/mol. The number of hydrogen-bond donors (Lipinski definition) is 0. The number of para-hydroxylation sites is 1. The summed E-state index contributed by atoms with van der Waals surface area (Å²) in [6.07, 6.45) is 4.09. The number of esters is 1. The second-order valence-electron chi connectivity index (χ2n) is 4.57. The van der Waals surface area contributed by atoms with Crippen LogP contribution < -0.4 is 5.56 Å². The van der Waals surface area contributed by atoms with E-state index in [0.29, 0.717) is 16.1 Å². The fraction of sp³-hybridized carbons (Fsp3) is 0.312. The maximum atomic E-state index is 12.6. The van der Waals surface area contributed by atoms with E-state index in [9.17, 15) is 9.59 Å². The van der Waals surface area contributed by atoms with Crippen LogP contribution in [0, 0.1) is 0 Å². The highest BCUT2D eigenvalue weighted by Gasteiger charge is 2.12. The van der Waals surface area contributed by atoms with E-state index < -0.39 is 0 Å². The molecule has 2 aromatic rings. The molecule has 22 heavy (non-hydrogen) atoms. The predicted octanol–water partition coefficient (Wildman–Crippen LogP) is 2.63. The van der Waals surface area contributed by atoms with E-state index in [1.165, 1.54) is 18.9 Å². The zero-order valence-corrected chi connectivity index (χ0v) is 13.4. The molecule has 1 heterocycles. The maximum Gasteiger partial charge on any atom is 0.307 e. The summed E-state index contributed by atoms with van der Waals surface area (Å²) in [5, 5.41) is 1.17. The molecule has 2 rings (SSSR count). The van der Waals surface area contributed by atoms with Crippen molar-refractivity contribution >= 4 is 28.6 Å². The molecule has 1 aromatic heterocycles. The third-order valence-corrected chi connectivity index (χ3v) is 4.07. The van der Waals surface area contributed by atoms with E-state index in [0.717, 1.165) is 5.75 Å². The Morgan fingerprint density at radius 1 is 1.41 bits per heavy atom. The summed E-state index contributed by atoms with van der Waals surface area (Å²) in [6.45, 7) is 2.21. The Kier molecular flexibility index (Phi) is 5.77. The van der Waals surface area contributed by atoms with E-state index in [1.54, 1.807) is 10.6 Å². The van der Waals surface area contributed by atoms with Gasteiger partial charge in [0.2, 0.25) is 0 Å². The molecule has 0 bridgehead atoms. The molecule has 0 saturated heterocycles. The first kappa shape index (κ1) is 16.3. The highest BCUT2D eigenvalue weighted by Crippen LogP contribution is 2.18. The molecule has 0 aliphatic carbocycles. The van der Waals surface area contributed by atoms with Crippen LogP contribution in [0.5, 0.6) is 0 Å². The van der Waals surface area contributed by atoms with Gasteiger partial charge >= 0.3 is 5.97 Å². The van der Waals surface area contributed by atoms with Gasteiger partial charge in [-0.2, -0.15) is 0 Å². The minimum Gasteiger partial charge on any atom is -0.469 e. The number of benzene rings is 1. The van der Waals surface area contributed by atoms with E-state index in [2.05, 4.69) is 9.72 Å². The van der Waals surface area contributed by atoms with Gasteiger partial charge in [0.05, 0.1) is 24.4 Å². The molecule has 0 saturated carbocycles. The number of fused-ring (bicyclic) bond motifs is 1. The van der Waals surface area contributed by atoms with Gasteiger partial charge in [0, 0.05) is 12.3 Å². The lowest BCUT2D eigenvalue weighted by molar-refractivity contribution is -0.140. The van der Waals surface area contributed by atoms with Crippen LogP contribution in [-0.4, -0.2) is 28.4 Å². The molecule has 0 fully saturated rings. The molecule has 0 aliphatic heterocycles. The first-order valence-corrected chi connectivity index (χ1v) is 7.96. The molecule has 6 heteroatoms. The van der Waals surface area contributed by atoms with Crippen LogP contribution in [0.15, 0.2) is 46.4 Å². The summed E-state index contributed by atoms with van der Waals surface area (Å²) in [7, 11) is 1.34. The summed E-state index contributed by atoms with van der Waals surface area (Å²) in [4.78, 5) is 28.5. The number of nitrogens with zero attached hydrogens (tertiary/aromatic N) is 2. The lowest BCUT2D eigenvalue weighted by atomic mass is 10.2. The van der Waals surface area contributed by atoms with E-state index in [-0.39, 0.29) is 24.5 Å². The van der Waals surface area contributed by atoms with E-state index in [4.69, 9.17) is 0 Å². The predicted molar refractivity (Wildman–Crippen MR) is 88.2 cm³/mol. The third-order valence-electron chi connectivity index (χ3n) is 3.14. The third kappa shape index (κ3) is 3.76. The van der Waals surface area contributed by atoms with Crippen molar-refractivity contribution in [2.75, 3.05) is 12.9 Å². The highest BCUT2D eigenvalue weighted by atomic mass is 32.2. The second kappa shape index (κ2) is 7.79. The van der Waals surface area contributed by atoms with Crippen LogP contribution in [-0.2, 0) is 16.1 Å². The maximum absolute atomic E-state index is 12.6. The van der Waals surface area contributed by atoms with Gasteiger partial charge in [0.15, 0.2) is 5.16 Å². The topological polar surface area (TPSA) is 61.2 Å². The quantitative estimate of drug-likeness (QED) is 0.355. The van der Waals surface area contributed by atoms with Gasteiger partial charge in [-0.3, -0.25) is 14.2 Å². The summed E-state index contributed by atoms with van der Waals surface area (Å²) in [5.74, 6) is 0.379. The Bertz CT molecular complexity index is 753. The molecular formula is C16H18N2O3S. The van der Waals surface area contributed by atoms with Crippen molar-refractivity contribution in [1.29, 1.82) is 0 Å². The zero-order valence-electron chi connectivity index (χ0n) is 12.6. The van der Waals surface area contributed by atoms with Crippen molar-refractivity contribution in [3.63, 3.8) is 0 Å². The van der Waals surface area contributed by atoms with Crippen LogP contribution in [0.2, 0.25) is 0 Å². The summed E-state index contributed by atoms with van der Waals surface area (Å²) < 4.78 is 6.19. The van der Waals surface area contributed by atoms with Crippen molar-refractivity contribution in [2.24, 2.45) is 0 Å². The van der Waals surface area contributed by atoms with Crippen molar-refractivity contribution in [3.05, 3.63) is 46.8 Å². The molecule has 0 amide bonds. The van der Waals surface area contributed by atoms with Crippen LogP contribution >= 0.6 is 11.8 Å². The molecule has 0 atom stereocenters. The number of thioether (sulfide) groups is 1. The number of aromatic nitrogens is 2. The Labute approximate surface area is 133 Å². The average molecular weight is 318 g/mol. The number of hydrogen-bond acceptors (Lipinski definition) is 5. The van der Waals surface area contributed by atoms with Gasteiger partial charge in [-0.15, -0.1) is 0 Å². The number of rotatable bonds is 6. The standard InChI is InChI=1S/C16H18N2O3S/c1-3-4-11-22-16-17-13-8-6-5-7-12(13)15(20)18(16)10-9-14(19)21-2/h3-8H,9-11H2,1-2H3/b4-3+. The second-order valence-corrected chi connectivity index (χ2v) is 5.56. The minimum absolute atomic E-state index is 0.127. The smallest absolute Gasteiger partial charge is 0.307 e. The van der Waals surface area contributed by atoms with Crippen molar-refractivity contribution in [1.82, 2.24) is 9.55 Å². The molecule has 0 spiro atoms.